The predicted molar refractivity (Wildman–Crippen MR) is 97.5 cm³/mol. The fraction of sp³-hybridized carbons (Fsp3) is 0.250. The van der Waals surface area contributed by atoms with E-state index in [1.54, 1.807) is 18.2 Å². The molecule has 2 aromatic carbocycles. The Balaban J connectivity index is 1.64. The highest BCUT2D eigenvalue weighted by Gasteiger charge is 2.32. The van der Waals surface area contributed by atoms with Crippen molar-refractivity contribution in [3.8, 4) is 5.75 Å². The Bertz CT molecular complexity index is 889. The van der Waals surface area contributed by atoms with Gasteiger partial charge in [0.25, 0.3) is 17.7 Å². The highest BCUT2D eigenvalue weighted by molar-refractivity contribution is 6.21. The summed E-state index contributed by atoms with van der Waals surface area (Å²) in [5, 5.41) is 2.68. The number of hydrogen-bond donors (Lipinski definition) is 1. The topological polar surface area (TPSA) is 75.7 Å². The van der Waals surface area contributed by atoms with Crippen molar-refractivity contribution in [1.82, 2.24) is 4.90 Å². The largest absolute Gasteiger partial charge is 0.484 e. The van der Waals surface area contributed by atoms with Crippen LogP contribution in [0.1, 0.15) is 46.0 Å². The number of nitrogens with one attached hydrogen (secondary N) is 1. The maximum absolute atomic E-state index is 12.1. The molecule has 1 N–H and O–H groups in total. The molecule has 3 amide bonds. The fourth-order valence-electron chi connectivity index (χ4n) is 2.75. The van der Waals surface area contributed by atoms with E-state index in [2.05, 4.69) is 19.2 Å². The van der Waals surface area contributed by atoms with Crippen LogP contribution in [0.15, 0.2) is 42.5 Å². The van der Waals surface area contributed by atoms with Crippen molar-refractivity contribution in [1.29, 1.82) is 0 Å². The number of imide groups is 1. The third kappa shape index (κ3) is 3.44. The van der Waals surface area contributed by atoms with Crippen LogP contribution in [-0.2, 0) is 4.79 Å². The van der Waals surface area contributed by atoms with Crippen LogP contribution >= 0.6 is 0 Å². The first-order valence-electron chi connectivity index (χ1n) is 8.36. The van der Waals surface area contributed by atoms with E-state index in [9.17, 15) is 14.4 Å². The summed E-state index contributed by atoms with van der Waals surface area (Å²) in [6, 6.07) is 12.3. The third-order valence-electron chi connectivity index (χ3n) is 4.27. The van der Waals surface area contributed by atoms with Gasteiger partial charge in [-0.05, 0) is 41.8 Å². The number of anilines is 1. The summed E-state index contributed by atoms with van der Waals surface area (Å²) < 4.78 is 5.54. The van der Waals surface area contributed by atoms with Crippen molar-refractivity contribution in [2.45, 2.75) is 19.8 Å². The van der Waals surface area contributed by atoms with Crippen LogP contribution in [0.2, 0.25) is 0 Å². The first-order valence-corrected chi connectivity index (χ1v) is 8.36. The van der Waals surface area contributed by atoms with E-state index < -0.39 is 0 Å². The Morgan fingerprint density at radius 1 is 1.08 bits per heavy atom. The maximum atomic E-state index is 12.1. The quantitative estimate of drug-likeness (QED) is 0.839. The molecule has 134 valence electrons. The number of amides is 3. The number of carbonyl (C=O) groups excluding carboxylic acids is 3. The van der Waals surface area contributed by atoms with Gasteiger partial charge in [0.15, 0.2) is 6.61 Å². The number of nitrogens with zero attached hydrogens (tertiary/aromatic N) is 1. The lowest BCUT2D eigenvalue weighted by molar-refractivity contribution is -0.118. The zero-order chi connectivity index (χ0) is 18.8. The second-order valence-electron chi connectivity index (χ2n) is 6.49. The number of fused-ring (bicyclic) bond motifs is 1. The number of carbonyl (C=O) groups is 3. The van der Waals surface area contributed by atoms with Crippen LogP contribution in [0.3, 0.4) is 0 Å². The van der Waals surface area contributed by atoms with Crippen molar-refractivity contribution >= 4 is 23.4 Å². The van der Waals surface area contributed by atoms with Gasteiger partial charge < -0.3 is 10.1 Å². The summed E-state index contributed by atoms with van der Waals surface area (Å²) in [4.78, 5) is 37.1. The molecule has 0 saturated heterocycles. The van der Waals surface area contributed by atoms with Gasteiger partial charge in [0.1, 0.15) is 5.75 Å². The predicted octanol–water partition coefficient (Wildman–Crippen LogP) is 3.05. The smallest absolute Gasteiger partial charge is 0.262 e. The number of benzene rings is 2. The fourth-order valence-corrected chi connectivity index (χ4v) is 2.75. The van der Waals surface area contributed by atoms with Gasteiger partial charge in [-0.25, -0.2) is 0 Å². The lowest BCUT2D eigenvalue weighted by Crippen LogP contribution is -2.24. The highest BCUT2D eigenvalue weighted by Crippen LogP contribution is 2.25. The molecule has 0 unspecified atom stereocenters. The van der Waals surface area contributed by atoms with E-state index in [1.165, 1.54) is 13.1 Å². The minimum absolute atomic E-state index is 0.147. The minimum atomic E-state index is -0.372. The molecular weight excluding hydrogens is 332 g/mol. The van der Waals surface area contributed by atoms with Gasteiger partial charge >= 0.3 is 0 Å². The number of hydrogen-bond acceptors (Lipinski definition) is 4. The maximum Gasteiger partial charge on any atom is 0.262 e. The Labute approximate surface area is 151 Å². The third-order valence-corrected chi connectivity index (χ3v) is 4.27. The van der Waals surface area contributed by atoms with Gasteiger partial charge in [0, 0.05) is 12.7 Å². The first kappa shape index (κ1) is 17.7. The van der Waals surface area contributed by atoms with E-state index in [1.807, 2.05) is 18.2 Å². The highest BCUT2D eigenvalue weighted by atomic mass is 16.5. The molecule has 6 nitrogen and oxygen atoms in total. The van der Waals surface area contributed by atoms with Gasteiger partial charge in [-0.1, -0.05) is 26.0 Å². The molecule has 0 bridgehead atoms. The van der Waals surface area contributed by atoms with Gasteiger partial charge in [-0.15, -0.1) is 0 Å². The Kier molecular flexibility index (Phi) is 4.75. The lowest BCUT2D eigenvalue weighted by atomic mass is 10.0. The average molecular weight is 352 g/mol. The van der Waals surface area contributed by atoms with Crippen LogP contribution < -0.4 is 10.1 Å². The molecule has 0 aliphatic carbocycles. The van der Waals surface area contributed by atoms with Gasteiger partial charge in [0.05, 0.1) is 11.1 Å². The van der Waals surface area contributed by atoms with E-state index >= 15 is 0 Å². The van der Waals surface area contributed by atoms with Crippen LogP contribution in [0.4, 0.5) is 5.69 Å². The normalized spacial score (nSPS) is 13.2. The van der Waals surface area contributed by atoms with Crippen LogP contribution in [0.25, 0.3) is 0 Å². The molecule has 1 aliphatic heterocycles. The molecule has 0 saturated carbocycles. The average Bonchev–Trinajstić information content (AvgIpc) is 2.84. The summed E-state index contributed by atoms with van der Waals surface area (Å²) in [6.07, 6.45) is 0. The Hall–Kier alpha value is -3.15. The van der Waals surface area contributed by atoms with Crippen molar-refractivity contribution in [3.63, 3.8) is 0 Å². The molecule has 26 heavy (non-hydrogen) atoms. The van der Waals surface area contributed by atoms with E-state index in [-0.39, 0.29) is 24.3 Å². The summed E-state index contributed by atoms with van der Waals surface area (Å²) >= 11 is 0. The standard InChI is InChI=1S/C20H20N2O4/c1-12(2)13-5-4-6-15(9-13)26-11-18(23)21-14-7-8-16-17(10-14)20(25)22(3)19(16)24/h4-10,12H,11H2,1-3H3,(H,21,23). The monoisotopic (exact) mass is 352 g/mol. The van der Waals surface area contributed by atoms with E-state index in [0.717, 1.165) is 10.5 Å². The molecule has 0 fully saturated rings. The van der Waals surface area contributed by atoms with E-state index in [4.69, 9.17) is 4.74 Å². The van der Waals surface area contributed by atoms with Crippen molar-refractivity contribution in [2.75, 3.05) is 19.0 Å². The Morgan fingerprint density at radius 3 is 2.54 bits per heavy atom. The van der Waals surface area contributed by atoms with Crippen molar-refractivity contribution < 1.29 is 19.1 Å². The van der Waals surface area contributed by atoms with Crippen LogP contribution in [-0.4, -0.2) is 36.3 Å². The summed E-state index contributed by atoms with van der Waals surface area (Å²) in [5.41, 5.74) is 2.22. The zero-order valence-corrected chi connectivity index (χ0v) is 14.9. The minimum Gasteiger partial charge on any atom is -0.484 e. The molecular formula is C20H20N2O4. The van der Waals surface area contributed by atoms with E-state index in [0.29, 0.717) is 28.5 Å². The van der Waals surface area contributed by atoms with Crippen LogP contribution in [0.5, 0.6) is 5.75 Å². The van der Waals surface area contributed by atoms with Crippen LogP contribution in [0, 0.1) is 0 Å². The first-order chi connectivity index (χ1) is 12.4. The molecule has 0 aromatic heterocycles. The Morgan fingerprint density at radius 2 is 1.81 bits per heavy atom. The zero-order valence-electron chi connectivity index (χ0n) is 14.9. The number of rotatable bonds is 5. The molecule has 6 heteroatoms. The second-order valence-corrected chi connectivity index (χ2v) is 6.49. The molecule has 0 radical (unpaired) electrons. The van der Waals surface area contributed by atoms with Crippen molar-refractivity contribution in [3.05, 3.63) is 59.2 Å². The SMILES string of the molecule is CC(C)c1cccc(OCC(=O)Nc2ccc3c(c2)C(=O)N(C)C3=O)c1. The van der Waals surface area contributed by atoms with Gasteiger partial charge in [-0.3, -0.25) is 19.3 Å². The molecule has 1 aliphatic rings. The van der Waals surface area contributed by atoms with Gasteiger partial charge in [-0.2, -0.15) is 0 Å². The summed E-state index contributed by atoms with van der Waals surface area (Å²) in [6.45, 7) is 4.03. The molecule has 0 atom stereocenters. The number of ether oxygens (including phenoxy) is 1. The lowest BCUT2D eigenvalue weighted by Gasteiger charge is -2.10. The molecule has 2 aromatic rings. The van der Waals surface area contributed by atoms with Gasteiger partial charge in [0.2, 0.25) is 0 Å². The second kappa shape index (κ2) is 7.00. The molecule has 3 rings (SSSR count). The van der Waals surface area contributed by atoms with Crippen molar-refractivity contribution in [2.24, 2.45) is 0 Å². The molecule has 1 heterocycles. The summed E-state index contributed by atoms with van der Waals surface area (Å²) in [7, 11) is 1.43. The summed E-state index contributed by atoms with van der Waals surface area (Å²) in [5.74, 6) is -0.0519. The molecule has 0 spiro atoms.